The summed E-state index contributed by atoms with van der Waals surface area (Å²) in [5, 5.41) is 6.17. The van der Waals surface area contributed by atoms with Gasteiger partial charge in [-0.15, -0.1) is 0 Å². The predicted octanol–water partition coefficient (Wildman–Crippen LogP) is 2.50. The van der Waals surface area contributed by atoms with Crippen LogP contribution in [0.1, 0.15) is 29.3 Å². The fourth-order valence-electron chi connectivity index (χ4n) is 3.34. The van der Waals surface area contributed by atoms with E-state index in [1.165, 1.54) is 10.4 Å². The molecule has 1 amide bonds. The number of carbonyl (C=O) groups excluding carboxylic acids is 1. The molecular formula is C22H29N3O4S. The minimum atomic E-state index is -3.66. The Morgan fingerprint density at radius 2 is 1.80 bits per heavy atom. The van der Waals surface area contributed by atoms with E-state index in [-0.39, 0.29) is 10.8 Å². The molecule has 0 radical (unpaired) electrons. The van der Waals surface area contributed by atoms with Crippen molar-refractivity contribution in [2.45, 2.75) is 24.7 Å². The molecule has 1 aliphatic rings. The minimum Gasteiger partial charge on any atom is -0.385 e. The van der Waals surface area contributed by atoms with Gasteiger partial charge in [-0.25, -0.2) is 8.42 Å². The van der Waals surface area contributed by atoms with Crippen LogP contribution in [0.15, 0.2) is 53.4 Å². The Hall–Kier alpha value is -2.42. The lowest BCUT2D eigenvalue weighted by Gasteiger charge is -2.27. The van der Waals surface area contributed by atoms with Crippen LogP contribution in [0.2, 0.25) is 0 Å². The van der Waals surface area contributed by atoms with Crippen LogP contribution in [0.4, 0.5) is 5.69 Å². The number of amides is 1. The maximum atomic E-state index is 13.1. The van der Waals surface area contributed by atoms with Gasteiger partial charge in [0, 0.05) is 37.4 Å². The molecule has 0 spiro atoms. The summed E-state index contributed by atoms with van der Waals surface area (Å²) < 4.78 is 32.9. The summed E-state index contributed by atoms with van der Waals surface area (Å²) in [6.07, 6.45) is 1.33. The lowest BCUT2D eigenvalue weighted by Crippen LogP contribution is -2.41. The first-order chi connectivity index (χ1) is 14.5. The molecule has 2 aromatic rings. The van der Waals surface area contributed by atoms with E-state index in [1.54, 1.807) is 12.1 Å². The number of morpholine rings is 1. The highest BCUT2D eigenvalue weighted by atomic mass is 32.2. The second-order valence-corrected chi connectivity index (χ2v) is 9.00. The van der Waals surface area contributed by atoms with Crippen molar-refractivity contribution in [3.63, 3.8) is 0 Å². The normalized spacial score (nSPS) is 15.0. The van der Waals surface area contributed by atoms with Crippen LogP contribution >= 0.6 is 0 Å². The largest absolute Gasteiger partial charge is 0.385 e. The van der Waals surface area contributed by atoms with E-state index in [0.717, 1.165) is 18.7 Å². The molecular weight excluding hydrogens is 402 g/mol. The van der Waals surface area contributed by atoms with Gasteiger partial charge in [0.15, 0.2) is 0 Å². The van der Waals surface area contributed by atoms with E-state index in [0.29, 0.717) is 50.4 Å². The smallest absolute Gasteiger partial charge is 0.251 e. The van der Waals surface area contributed by atoms with Crippen molar-refractivity contribution in [3.05, 3.63) is 59.7 Å². The van der Waals surface area contributed by atoms with Gasteiger partial charge in [0.25, 0.3) is 5.91 Å². The average molecular weight is 432 g/mol. The van der Waals surface area contributed by atoms with Crippen LogP contribution < -0.4 is 10.6 Å². The van der Waals surface area contributed by atoms with Crippen molar-refractivity contribution in [3.8, 4) is 0 Å². The van der Waals surface area contributed by atoms with Crippen LogP contribution in [0, 0.1) is 0 Å². The Kier molecular flexibility index (Phi) is 7.84. The molecule has 1 heterocycles. The molecule has 2 aromatic carbocycles. The highest BCUT2D eigenvalue weighted by molar-refractivity contribution is 7.89. The number of hydrogen-bond acceptors (Lipinski definition) is 5. The highest BCUT2D eigenvalue weighted by Crippen LogP contribution is 2.23. The van der Waals surface area contributed by atoms with Crippen LogP contribution in [-0.2, 0) is 21.2 Å². The number of nitrogens with one attached hydrogen (secondary N) is 2. The van der Waals surface area contributed by atoms with E-state index in [1.807, 2.05) is 37.3 Å². The summed E-state index contributed by atoms with van der Waals surface area (Å²) in [6, 6.07) is 14.8. The summed E-state index contributed by atoms with van der Waals surface area (Å²) in [7, 11) is -3.66. The first kappa shape index (κ1) is 22.3. The summed E-state index contributed by atoms with van der Waals surface area (Å²) in [4.78, 5) is 12.8. The van der Waals surface area contributed by atoms with Gasteiger partial charge in [-0.3, -0.25) is 4.79 Å². The number of para-hydroxylation sites is 1. The van der Waals surface area contributed by atoms with Crippen LogP contribution in [0.3, 0.4) is 0 Å². The Bertz CT molecular complexity index is 942. The Balaban J connectivity index is 1.61. The molecule has 0 unspecified atom stereocenters. The first-order valence-electron chi connectivity index (χ1n) is 10.3. The average Bonchev–Trinajstić information content (AvgIpc) is 2.79. The van der Waals surface area contributed by atoms with Gasteiger partial charge in [0.2, 0.25) is 10.0 Å². The molecule has 0 aliphatic carbocycles. The molecule has 3 rings (SSSR count). The highest BCUT2D eigenvalue weighted by Gasteiger charge is 2.29. The summed E-state index contributed by atoms with van der Waals surface area (Å²) in [5.41, 5.74) is 2.11. The Morgan fingerprint density at radius 3 is 2.50 bits per heavy atom. The monoisotopic (exact) mass is 431 g/mol. The number of nitrogens with zero attached hydrogens (tertiary/aromatic N) is 1. The standard InChI is InChI=1S/C22H29N3O4S/c1-2-18-9-10-19(17-21(18)30(27,28)25-13-15-29-16-14-25)22(26)24-12-6-11-23-20-7-4-3-5-8-20/h3-5,7-10,17,23H,2,6,11-16H2,1H3,(H,24,26). The maximum absolute atomic E-state index is 13.1. The summed E-state index contributed by atoms with van der Waals surface area (Å²) >= 11 is 0. The predicted molar refractivity (Wildman–Crippen MR) is 117 cm³/mol. The summed E-state index contributed by atoms with van der Waals surface area (Å²) in [5.74, 6) is -0.268. The molecule has 1 aliphatic heterocycles. The van der Waals surface area contributed by atoms with E-state index in [2.05, 4.69) is 10.6 Å². The van der Waals surface area contributed by atoms with Crippen molar-refractivity contribution in [1.29, 1.82) is 0 Å². The molecule has 7 nitrogen and oxygen atoms in total. The molecule has 2 N–H and O–H groups in total. The zero-order valence-electron chi connectivity index (χ0n) is 17.3. The molecule has 0 bridgehead atoms. The molecule has 0 saturated carbocycles. The van der Waals surface area contributed by atoms with Gasteiger partial charge in [0.05, 0.1) is 18.1 Å². The quantitative estimate of drug-likeness (QED) is 0.596. The minimum absolute atomic E-state index is 0.213. The van der Waals surface area contributed by atoms with Gasteiger partial charge in [-0.1, -0.05) is 31.2 Å². The molecule has 8 heteroatoms. The molecule has 162 valence electrons. The van der Waals surface area contributed by atoms with Crippen molar-refractivity contribution in [2.24, 2.45) is 0 Å². The van der Waals surface area contributed by atoms with Crippen molar-refractivity contribution >= 4 is 21.6 Å². The third-order valence-corrected chi connectivity index (χ3v) is 7.02. The molecule has 0 aromatic heterocycles. The molecule has 1 fully saturated rings. The number of ether oxygens (including phenoxy) is 1. The lowest BCUT2D eigenvalue weighted by molar-refractivity contribution is 0.0730. The zero-order valence-corrected chi connectivity index (χ0v) is 18.1. The first-order valence-corrected chi connectivity index (χ1v) is 11.7. The Labute approximate surface area is 178 Å². The van der Waals surface area contributed by atoms with E-state index in [4.69, 9.17) is 4.74 Å². The topological polar surface area (TPSA) is 87.7 Å². The van der Waals surface area contributed by atoms with Gasteiger partial charge >= 0.3 is 0 Å². The fraction of sp³-hybridized carbons (Fsp3) is 0.409. The third kappa shape index (κ3) is 5.59. The van der Waals surface area contributed by atoms with Crippen LogP contribution in [0.5, 0.6) is 0 Å². The number of sulfonamides is 1. The van der Waals surface area contributed by atoms with E-state index < -0.39 is 10.0 Å². The molecule has 1 saturated heterocycles. The maximum Gasteiger partial charge on any atom is 0.251 e. The fourth-order valence-corrected chi connectivity index (χ4v) is 5.06. The van der Waals surface area contributed by atoms with E-state index >= 15 is 0 Å². The number of hydrogen-bond donors (Lipinski definition) is 2. The number of carbonyl (C=O) groups is 1. The van der Waals surface area contributed by atoms with Crippen molar-refractivity contribution in [2.75, 3.05) is 44.7 Å². The second-order valence-electron chi connectivity index (χ2n) is 7.09. The van der Waals surface area contributed by atoms with Gasteiger partial charge in [-0.05, 0) is 42.7 Å². The number of aryl methyl sites for hydroxylation is 1. The zero-order chi connectivity index (χ0) is 21.4. The summed E-state index contributed by atoms with van der Waals surface area (Å²) in [6.45, 7) is 4.57. The van der Waals surface area contributed by atoms with Gasteiger partial charge in [-0.2, -0.15) is 4.31 Å². The van der Waals surface area contributed by atoms with Crippen LogP contribution in [-0.4, -0.2) is 58.0 Å². The molecule has 30 heavy (non-hydrogen) atoms. The molecule has 0 atom stereocenters. The second kappa shape index (κ2) is 10.6. The van der Waals surface area contributed by atoms with Crippen molar-refractivity contribution < 1.29 is 17.9 Å². The lowest BCUT2D eigenvalue weighted by atomic mass is 10.1. The van der Waals surface area contributed by atoms with Gasteiger partial charge in [0.1, 0.15) is 0 Å². The van der Waals surface area contributed by atoms with E-state index in [9.17, 15) is 13.2 Å². The van der Waals surface area contributed by atoms with Crippen molar-refractivity contribution in [1.82, 2.24) is 9.62 Å². The SMILES string of the molecule is CCc1ccc(C(=O)NCCCNc2ccccc2)cc1S(=O)(=O)N1CCOCC1. The van der Waals surface area contributed by atoms with Crippen LogP contribution in [0.25, 0.3) is 0 Å². The Morgan fingerprint density at radius 1 is 1.07 bits per heavy atom. The number of rotatable bonds is 9. The third-order valence-electron chi connectivity index (χ3n) is 5.04. The van der Waals surface area contributed by atoms with Gasteiger partial charge < -0.3 is 15.4 Å². The number of benzene rings is 2. The number of anilines is 1.